The molecule has 2 nitrogen and oxygen atoms in total. The van der Waals surface area contributed by atoms with Gasteiger partial charge in [-0.05, 0) is 132 Å². The average Bonchev–Trinajstić information content (AvgIpc) is 3.78. The Balaban J connectivity index is 0.958. The zero-order valence-electron chi connectivity index (χ0n) is 38.5. The standard InChI is InChI=1S/C68H46N2/c1-3-16-47(17-4-1)48-30-32-49(33-31-48)50-34-39-56(40-35-50)69(57-41-36-51(37-42-57)53-21-15-22-58(44-53)70-66-28-13-11-26-63(66)64-27-12-14-29-67(64)70)68-46-55(38-43-60(68)52-18-5-2-6-19-52)65-45-54-20-7-8-23-59(54)61-24-9-10-25-62(61)65/h1-46H. The summed E-state index contributed by atoms with van der Waals surface area (Å²) in [7, 11) is 0. The number of rotatable bonds is 9. The fraction of sp³-hybridized carbons (Fsp3) is 0. The molecule has 0 radical (unpaired) electrons. The molecule has 0 bridgehead atoms. The van der Waals surface area contributed by atoms with E-state index < -0.39 is 0 Å². The molecule has 0 spiro atoms. The molecule has 70 heavy (non-hydrogen) atoms. The number of benzene rings is 12. The lowest BCUT2D eigenvalue weighted by Crippen LogP contribution is -2.11. The topological polar surface area (TPSA) is 8.17 Å². The zero-order chi connectivity index (χ0) is 46.4. The van der Waals surface area contributed by atoms with Crippen LogP contribution in [0.2, 0.25) is 0 Å². The first-order chi connectivity index (χ1) is 34.7. The third-order valence-electron chi connectivity index (χ3n) is 14.0. The largest absolute Gasteiger partial charge is 0.310 e. The van der Waals surface area contributed by atoms with Crippen molar-refractivity contribution in [3.05, 3.63) is 279 Å². The molecule has 0 saturated carbocycles. The third-order valence-corrected chi connectivity index (χ3v) is 14.0. The molecule has 0 aliphatic carbocycles. The summed E-state index contributed by atoms with van der Waals surface area (Å²) in [5, 5.41) is 7.50. The molecule has 0 atom stereocenters. The van der Waals surface area contributed by atoms with Crippen LogP contribution in [-0.4, -0.2) is 4.57 Å². The van der Waals surface area contributed by atoms with E-state index >= 15 is 0 Å². The number of nitrogens with zero attached hydrogens (tertiary/aromatic N) is 2. The van der Waals surface area contributed by atoms with Crippen LogP contribution in [0, 0.1) is 0 Å². The lowest BCUT2D eigenvalue weighted by Gasteiger charge is -2.29. The molecule has 0 amide bonds. The first kappa shape index (κ1) is 41.0. The van der Waals surface area contributed by atoms with E-state index in [9.17, 15) is 0 Å². The van der Waals surface area contributed by atoms with Crippen LogP contribution >= 0.6 is 0 Å². The van der Waals surface area contributed by atoms with Crippen molar-refractivity contribution in [1.82, 2.24) is 4.57 Å². The molecule has 12 aromatic carbocycles. The SMILES string of the molecule is c1ccc(-c2ccc(-c3ccc(N(c4ccc(-c5cccc(-n6c7ccccc7c7ccccc76)c5)cc4)c4cc(-c5cc6ccccc6c6ccccc56)ccc4-c4ccccc4)cc3)cc2)cc1. The molecular weight excluding hydrogens is 845 g/mol. The summed E-state index contributed by atoms with van der Waals surface area (Å²) in [5.74, 6) is 0. The molecule has 13 aromatic rings. The molecule has 0 fully saturated rings. The summed E-state index contributed by atoms with van der Waals surface area (Å²) in [6, 6.07) is 102. The number of hydrogen-bond acceptors (Lipinski definition) is 1. The van der Waals surface area contributed by atoms with Crippen LogP contribution in [0.15, 0.2) is 279 Å². The minimum Gasteiger partial charge on any atom is -0.310 e. The fourth-order valence-corrected chi connectivity index (χ4v) is 10.6. The van der Waals surface area contributed by atoms with Crippen molar-refractivity contribution >= 4 is 60.4 Å². The van der Waals surface area contributed by atoms with Crippen molar-refractivity contribution in [2.24, 2.45) is 0 Å². The van der Waals surface area contributed by atoms with Gasteiger partial charge in [-0.2, -0.15) is 0 Å². The van der Waals surface area contributed by atoms with Gasteiger partial charge >= 0.3 is 0 Å². The zero-order valence-corrected chi connectivity index (χ0v) is 38.5. The van der Waals surface area contributed by atoms with Gasteiger partial charge in [-0.15, -0.1) is 0 Å². The normalized spacial score (nSPS) is 11.4. The number of hydrogen-bond donors (Lipinski definition) is 0. The second-order valence-electron chi connectivity index (χ2n) is 18.1. The summed E-state index contributed by atoms with van der Waals surface area (Å²) in [6.45, 7) is 0. The van der Waals surface area contributed by atoms with E-state index in [1.807, 2.05) is 0 Å². The van der Waals surface area contributed by atoms with Gasteiger partial charge in [-0.3, -0.25) is 0 Å². The van der Waals surface area contributed by atoms with Gasteiger partial charge in [-0.1, -0.05) is 218 Å². The molecule has 0 aliphatic rings. The van der Waals surface area contributed by atoms with Crippen LogP contribution in [0.25, 0.3) is 105 Å². The van der Waals surface area contributed by atoms with Crippen LogP contribution < -0.4 is 4.90 Å². The van der Waals surface area contributed by atoms with Crippen molar-refractivity contribution in [3.63, 3.8) is 0 Å². The Bertz CT molecular complexity index is 3970. The smallest absolute Gasteiger partial charge is 0.0546 e. The number of aromatic nitrogens is 1. The van der Waals surface area contributed by atoms with Gasteiger partial charge in [-0.25, -0.2) is 0 Å². The molecule has 0 saturated heterocycles. The quantitative estimate of drug-likeness (QED) is 0.131. The predicted molar refractivity (Wildman–Crippen MR) is 298 cm³/mol. The van der Waals surface area contributed by atoms with Crippen LogP contribution in [0.4, 0.5) is 17.1 Å². The second-order valence-corrected chi connectivity index (χ2v) is 18.1. The van der Waals surface area contributed by atoms with Gasteiger partial charge < -0.3 is 9.47 Å². The molecule has 0 unspecified atom stereocenters. The minimum absolute atomic E-state index is 1.07. The van der Waals surface area contributed by atoms with Crippen LogP contribution in [0.1, 0.15) is 0 Å². The van der Waals surface area contributed by atoms with Gasteiger partial charge in [0.15, 0.2) is 0 Å². The first-order valence-electron chi connectivity index (χ1n) is 24.1. The minimum atomic E-state index is 1.07. The van der Waals surface area contributed by atoms with Gasteiger partial charge in [0, 0.05) is 33.4 Å². The Morgan fingerprint density at radius 3 is 1.30 bits per heavy atom. The van der Waals surface area contributed by atoms with E-state index in [-0.39, 0.29) is 0 Å². The molecular formula is C68H46N2. The highest BCUT2D eigenvalue weighted by atomic mass is 15.1. The van der Waals surface area contributed by atoms with E-state index in [2.05, 4.69) is 289 Å². The summed E-state index contributed by atoms with van der Waals surface area (Å²) in [6.07, 6.45) is 0. The Morgan fingerprint density at radius 2 is 0.686 bits per heavy atom. The molecule has 0 N–H and O–H groups in total. The lowest BCUT2D eigenvalue weighted by molar-refractivity contribution is 1.18. The van der Waals surface area contributed by atoms with Gasteiger partial charge in [0.1, 0.15) is 0 Å². The molecule has 13 rings (SSSR count). The second kappa shape index (κ2) is 17.4. The number of para-hydroxylation sites is 2. The van der Waals surface area contributed by atoms with Gasteiger partial charge in [0.2, 0.25) is 0 Å². The lowest BCUT2D eigenvalue weighted by atomic mass is 9.91. The first-order valence-corrected chi connectivity index (χ1v) is 24.1. The fourth-order valence-electron chi connectivity index (χ4n) is 10.6. The highest BCUT2D eigenvalue weighted by molar-refractivity contribution is 6.14. The Morgan fingerprint density at radius 1 is 0.243 bits per heavy atom. The summed E-state index contributed by atoms with van der Waals surface area (Å²) in [4.78, 5) is 2.44. The maximum atomic E-state index is 2.44. The molecule has 1 aromatic heterocycles. The maximum Gasteiger partial charge on any atom is 0.0546 e. The molecule has 328 valence electrons. The number of anilines is 3. The summed E-state index contributed by atoms with van der Waals surface area (Å²) in [5.41, 5.74) is 18.6. The van der Waals surface area contributed by atoms with E-state index in [1.165, 1.54) is 71.2 Å². The number of fused-ring (bicyclic) bond motifs is 6. The van der Waals surface area contributed by atoms with Gasteiger partial charge in [0.05, 0.1) is 16.7 Å². The summed E-state index contributed by atoms with van der Waals surface area (Å²) >= 11 is 0. The molecule has 1 heterocycles. The highest BCUT2D eigenvalue weighted by Gasteiger charge is 2.21. The Kier molecular flexibility index (Phi) is 10.2. The Hall–Kier alpha value is -9.24. The van der Waals surface area contributed by atoms with E-state index in [1.54, 1.807) is 0 Å². The van der Waals surface area contributed by atoms with Crippen LogP contribution in [-0.2, 0) is 0 Å². The highest BCUT2D eigenvalue weighted by Crippen LogP contribution is 2.46. The van der Waals surface area contributed by atoms with E-state index in [0.717, 1.165) is 50.6 Å². The monoisotopic (exact) mass is 890 g/mol. The van der Waals surface area contributed by atoms with Crippen molar-refractivity contribution in [2.45, 2.75) is 0 Å². The van der Waals surface area contributed by atoms with Crippen molar-refractivity contribution in [2.75, 3.05) is 4.90 Å². The molecule has 2 heteroatoms. The van der Waals surface area contributed by atoms with Crippen molar-refractivity contribution in [3.8, 4) is 61.3 Å². The van der Waals surface area contributed by atoms with Crippen LogP contribution in [0.3, 0.4) is 0 Å². The average molecular weight is 891 g/mol. The van der Waals surface area contributed by atoms with Crippen molar-refractivity contribution < 1.29 is 0 Å². The van der Waals surface area contributed by atoms with Crippen molar-refractivity contribution in [1.29, 1.82) is 0 Å². The summed E-state index contributed by atoms with van der Waals surface area (Å²) < 4.78 is 2.39. The predicted octanol–water partition coefficient (Wildman–Crippen LogP) is 18.9. The maximum absolute atomic E-state index is 2.44. The van der Waals surface area contributed by atoms with Gasteiger partial charge in [0.25, 0.3) is 0 Å². The third kappa shape index (κ3) is 7.31. The van der Waals surface area contributed by atoms with E-state index in [0.29, 0.717) is 0 Å². The van der Waals surface area contributed by atoms with E-state index in [4.69, 9.17) is 0 Å². The molecule has 0 aliphatic heterocycles. The van der Waals surface area contributed by atoms with Crippen LogP contribution in [0.5, 0.6) is 0 Å². The Labute approximate surface area is 408 Å².